The molecule has 2 rings (SSSR count). The van der Waals surface area contributed by atoms with E-state index in [2.05, 4.69) is 21.7 Å². The van der Waals surface area contributed by atoms with E-state index in [1.165, 1.54) is 32.0 Å². The molecule has 6 nitrogen and oxygen atoms in total. The number of ether oxygens (including phenoxy) is 1. The zero-order valence-electron chi connectivity index (χ0n) is 14.0. The van der Waals surface area contributed by atoms with E-state index in [1.54, 1.807) is 13.2 Å². The van der Waals surface area contributed by atoms with Crippen LogP contribution in [0.3, 0.4) is 0 Å². The first-order valence-corrected chi connectivity index (χ1v) is 7.89. The van der Waals surface area contributed by atoms with Crippen LogP contribution in [0.2, 0.25) is 0 Å². The van der Waals surface area contributed by atoms with Crippen molar-refractivity contribution in [2.24, 2.45) is 0 Å². The van der Waals surface area contributed by atoms with Gasteiger partial charge in [0.25, 0.3) is 0 Å². The number of benzene rings is 1. The second-order valence-electron chi connectivity index (χ2n) is 5.77. The van der Waals surface area contributed by atoms with E-state index < -0.39 is 0 Å². The Hall–Kier alpha value is -2.21. The number of nitrogens with one attached hydrogen (secondary N) is 1. The van der Waals surface area contributed by atoms with Crippen LogP contribution in [0.5, 0.6) is 5.75 Å². The smallest absolute Gasteiger partial charge is 0.247 e. The fraction of sp³-hybridized carbons (Fsp3) is 0.471. The van der Waals surface area contributed by atoms with Crippen molar-refractivity contribution in [2.75, 3.05) is 56.3 Å². The van der Waals surface area contributed by atoms with Crippen molar-refractivity contribution < 1.29 is 9.53 Å². The third-order valence-corrected chi connectivity index (χ3v) is 4.15. The summed E-state index contributed by atoms with van der Waals surface area (Å²) >= 11 is 0. The van der Waals surface area contributed by atoms with E-state index in [1.807, 2.05) is 13.1 Å². The molecular formula is C17H26N4O2. The Balaban J connectivity index is 2.18. The lowest BCUT2D eigenvalue weighted by atomic mass is 10.2. The number of nitrogens with two attached hydrogens (primary N) is 1. The molecule has 1 aromatic carbocycles. The molecule has 0 radical (unpaired) electrons. The molecule has 0 atom stereocenters. The largest absolute Gasteiger partial charge is 0.495 e. The van der Waals surface area contributed by atoms with Crippen molar-refractivity contribution in [3.8, 4) is 5.75 Å². The average Bonchev–Trinajstić information content (AvgIpc) is 3.06. The molecule has 0 saturated carbocycles. The normalized spacial score (nSPS) is 14.5. The molecule has 0 aromatic heterocycles. The SMILES string of the molecule is C=CC(=O)Nc1cc(N)c(OC)cc1N(C)CCN1CCCC1. The number of likely N-dealkylation sites (tertiary alicyclic amines) is 1. The third kappa shape index (κ3) is 4.39. The molecule has 1 fully saturated rings. The topological polar surface area (TPSA) is 70.8 Å². The van der Waals surface area contributed by atoms with Gasteiger partial charge in [0.05, 0.1) is 24.2 Å². The van der Waals surface area contributed by atoms with Gasteiger partial charge in [-0.3, -0.25) is 4.79 Å². The highest BCUT2D eigenvalue weighted by molar-refractivity contribution is 6.02. The van der Waals surface area contributed by atoms with Gasteiger partial charge < -0.3 is 25.6 Å². The monoisotopic (exact) mass is 318 g/mol. The van der Waals surface area contributed by atoms with Crippen molar-refractivity contribution in [2.45, 2.75) is 12.8 Å². The number of nitrogens with zero attached hydrogens (tertiary/aromatic N) is 2. The number of carbonyl (C=O) groups excluding carboxylic acids is 1. The van der Waals surface area contributed by atoms with Gasteiger partial charge in [0.1, 0.15) is 5.75 Å². The molecule has 6 heteroatoms. The number of amides is 1. The molecule has 1 amide bonds. The lowest BCUT2D eigenvalue weighted by Gasteiger charge is -2.26. The maximum atomic E-state index is 11.7. The van der Waals surface area contributed by atoms with Crippen LogP contribution in [0.15, 0.2) is 24.8 Å². The number of methoxy groups -OCH3 is 1. The molecule has 126 valence electrons. The number of rotatable bonds is 7. The summed E-state index contributed by atoms with van der Waals surface area (Å²) in [6, 6.07) is 3.58. The highest BCUT2D eigenvalue weighted by atomic mass is 16.5. The zero-order chi connectivity index (χ0) is 16.8. The summed E-state index contributed by atoms with van der Waals surface area (Å²) in [4.78, 5) is 16.2. The molecule has 1 aliphatic heterocycles. The van der Waals surface area contributed by atoms with Crippen LogP contribution in [-0.4, -0.2) is 51.1 Å². The minimum atomic E-state index is -0.260. The quantitative estimate of drug-likeness (QED) is 0.594. The summed E-state index contributed by atoms with van der Waals surface area (Å²) in [5.74, 6) is 0.341. The molecule has 23 heavy (non-hydrogen) atoms. The van der Waals surface area contributed by atoms with Gasteiger partial charge in [0.2, 0.25) is 5.91 Å². The van der Waals surface area contributed by atoms with Gasteiger partial charge >= 0.3 is 0 Å². The Morgan fingerprint density at radius 3 is 2.78 bits per heavy atom. The van der Waals surface area contributed by atoms with Crippen LogP contribution in [0.4, 0.5) is 17.1 Å². The maximum Gasteiger partial charge on any atom is 0.247 e. The van der Waals surface area contributed by atoms with E-state index in [4.69, 9.17) is 10.5 Å². The fourth-order valence-electron chi connectivity index (χ4n) is 2.78. The average molecular weight is 318 g/mol. The predicted molar refractivity (Wildman–Crippen MR) is 95.2 cm³/mol. The highest BCUT2D eigenvalue weighted by Gasteiger charge is 2.16. The van der Waals surface area contributed by atoms with Gasteiger partial charge in [-0.1, -0.05) is 6.58 Å². The molecule has 0 unspecified atom stereocenters. The van der Waals surface area contributed by atoms with Crippen LogP contribution in [0.25, 0.3) is 0 Å². The van der Waals surface area contributed by atoms with E-state index in [0.29, 0.717) is 17.1 Å². The van der Waals surface area contributed by atoms with E-state index in [-0.39, 0.29) is 5.91 Å². The first-order chi connectivity index (χ1) is 11.0. The van der Waals surface area contributed by atoms with E-state index in [9.17, 15) is 4.79 Å². The van der Waals surface area contributed by atoms with E-state index in [0.717, 1.165) is 18.8 Å². The van der Waals surface area contributed by atoms with Gasteiger partial charge in [-0.05, 0) is 38.1 Å². The first-order valence-electron chi connectivity index (χ1n) is 7.89. The maximum absolute atomic E-state index is 11.7. The molecule has 0 aliphatic carbocycles. The fourth-order valence-corrected chi connectivity index (χ4v) is 2.78. The van der Waals surface area contributed by atoms with Crippen molar-refractivity contribution in [1.29, 1.82) is 0 Å². The predicted octanol–water partition coefficient (Wildman–Crippen LogP) is 1.93. The van der Waals surface area contributed by atoms with Crippen LogP contribution >= 0.6 is 0 Å². The molecule has 1 aliphatic rings. The number of nitrogen functional groups attached to an aromatic ring is 1. The number of hydrogen-bond donors (Lipinski definition) is 2. The minimum Gasteiger partial charge on any atom is -0.495 e. The summed E-state index contributed by atoms with van der Waals surface area (Å²) in [5, 5.41) is 2.81. The van der Waals surface area contributed by atoms with Crippen LogP contribution in [-0.2, 0) is 4.79 Å². The summed E-state index contributed by atoms with van der Waals surface area (Å²) < 4.78 is 5.31. The van der Waals surface area contributed by atoms with Gasteiger partial charge in [0, 0.05) is 26.2 Å². The third-order valence-electron chi connectivity index (χ3n) is 4.15. The number of likely N-dealkylation sites (N-methyl/N-ethyl adjacent to an activating group) is 1. The van der Waals surface area contributed by atoms with Crippen LogP contribution in [0, 0.1) is 0 Å². The summed E-state index contributed by atoms with van der Waals surface area (Å²) in [6.07, 6.45) is 3.80. The second-order valence-corrected chi connectivity index (χ2v) is 5.77. The summed E-state index contributed by atoms with van der Waals surface area (Å²) in [5.41, 5.74) is 8.00. The molecule has 0 bridgehead atoms. The molecule has 0 spiro atoms. The number of anilines is 3. The molecule has 1 heterocycles. The zero-order valence-corrected chi connectivity index (χ0v) is 14.0. The standard InChI is InChI=1S/C17H26N4O2/c1-4-17(22)19-14-11-13(18)16(23-3)12-15(14)20(2)9-10-21-7-5-6-8-21/h4,11-12H,1,5-10,18H2,2-3H3,(H,19,22). The summed E-state index contributed by atoms with van der Waals surface area (Å²) in [6.45, 7) is 7.68. The highest BCUT2D eigenvalue weighted by Crippen LogP contribution is 2.35. The second kappa shape index (κ2) is 7.87. The summed E-state index contributed by atoms with van der Waals surface area (Å²) in [7, 11) is 3.59. The van der Waals surface area contributed by atoms with Gasteiger partial charge in [-0.2, -0.15) is 0 Å². The van der Waals surface area contributed by atoms with Crippen molar-refractivity contribution in [3.63, 3.8) is 0 Å². The van der Waals surface area contributed by atoms with Crippen molar-refractivity contribution in [1.82, 2.24) is 4.90 Å². The molecule has 3 N–H and O–H groups in total. The van der Waals surface area contributed by atoms with Crippen molar-refractivity contribution in [3.05, 3.63) is 24.8 Å². The van der Waals surface area contributed by atoms with Crippen LogP contribution < -0.4 is 20.7 Å². The Bertz CT molecular complexity index is 568. The molecule has 1 aromatic rings. The van der Waals surface area contributed by atoms with Crippen LogP contribution in [0.1, 0.15) is 12.8 Å². The molecular weight excluding hydrogens is 292 g/mol. The Morgan fingerprint density at radius 1 is 1.48 bits per heavy atom. The number of hydrogen-bond acceptors (Lipinski definition) is 5. The van der Waals surface area contributed by atoms with E-state index >= 15 is 0 Å². The Kier molecular flexibility index (Phi) is 5.87. The van der Waals surface area contributed by atoms with Crippen molar-refractivity contribution >= 4 is 23.0 Å². The molecule has 1 saturated heterocycles. The Labute approximate surface area is 137 Å². The first kappa shape index (κ1) is 17.1. The Morgan fingerprint density at radius 2 is 2.17 bits per heavy atom. The van der Waals surface area contributed by atoms with Gasteiger partial charge in [-0.25, -0.2) is 0 Å². The lowest BCUT2D eigenvalue weighted by Crippen LogP contribution is -2.32. The van der Waals surface area contributed by atoms with Gasteiger partial charge in [-0.15, -0.1) is 0 Å². The lowest BCUT2D eigenvalue weighted by molar-refractivity contribution is -0.111. The minimum absolute atomic E-state index is 0.260. The van der Waals surface area contributed by atoms with Gasteiger partial charge in [0.15, 0.2) is 0 Å². The number of carbonyl (C=O) groups is 1.